The molecule has 1 aliphatic carbocycles. The number of primary amides is 1. The highest BCUT2D eigenvalue weighted by Crippen LogP contribution is 2.44. The van der Waals surface area contributed by atoms with E-state index in [9.17, 15) is 19.5 Å². The number of fused-ring (bicyclic) bond motifs is 3. The van der Waals surface area contributed by atoms with Gasteiger partial charge in [-0.3, -0.25) is 4.79 Å². The number of aromatic hydroxyl groups is 1. The monoisotopic (exact) mass is 559 g/mol. The van der Waals surface area contributed by atoms with E-state index in [2.05, 4.69) is 34.9 Å². The Labute approximate surface area is 240 Å². The predicted molar refractivity (Wildman–Crippen MR) is 155 cm³/mol. The van der Waals surface area contributed by atoms with E-state index in [1.165, 1.54) is 22.3 Å². The summed E-state index contributed by atoms with van der Waals surface area (Å²) in [6.07, 6.45) is 1.31. The van der Waals surface area contributed by atoms with Crippen molar-refractivity contribution in [3.8, 4) is 16.9 Å². The van der Waals surface area contributed by atoms with E-state index < -0.39 is 24.2 Å². The minimum atomic E-state index is -0.998. The molecule has 216 valence electrons. The van der Waals surface area contributed by atoms with Crippen molar-refractivity contribution in [1.29, 1.82) is 0 Å². The summed E-state index contributed by atoms with van der Waals surface area (Å²) in [7, 11) is 0. The molecular weight excluding hydrogens is 522 g/mol. The number of nitrogens with two attached hydrogens (primary N) is 1. The van der Waals surface area contributed by atoms with Crippen molar-refractivity contribution < 1.29 is 29.0 Å². The molecule has 3 aromatic rings. The Morgan fingerprint density at radius 1 is 0.829 bits per heavy atom. The third kappa shape index (κ3) is 8.48. The minimum Gasteiger partial charge on any atom is -0.508 e. The van der Waals surface area contributed by atoms with E-state index in [4.69, 9.17) is 15.2 Å². The Morgan fingerprint density at radius 2 is 1.49 bits per heavy atom. The van der Waals surface area contributed by atoms with Crippen molar-refractivity contribution in [2.24, 2.45) is 5.73 Å². The van der Waals surface area contributed by atoms with Gasteiger partial charge in [0.15, 0.2) is 6.10 Å². The molecule has 0 aliphatic heterocycles. The average molecular weight is 560 g/mol. The summed E-state index contributed by atoms with van der Waals surface area (Å²) in [5.41, 5.74) is 10.8. The number of phenolic OH excluding ortho intramolecular Hbond substituents is 1. The molecule has 1 atom stereocenters. The molecule has 1 unspecified atom stereocenters. The topological polar surface area (TPSA) is 140 Å². The van der Waals surface area contributed by atoms with Crippen LogP contribution in [0.25, 0.3) is 11.1 Å². The third-order valence-corrected chi connectivity index (χ3v) is 7.16. The molecule has 0 saturated heterocycles. The van der Waals surface area contributed by atoms with Gasteiger partial charge in [-0.1, -0.05) is 60.7 Å². The smallest absolute Gasteiger partial charge is 0.407 e. The Morgan fingerprint density at radius 3 is 2.15 bits per heavy atom. The number of hydrogen-bond donors (Lipinski definition) is 4. The maximum atomic E-state index is 12.5. The molecule has 3 amide bonds. The summed E-state index contributed by atoms with van der Waals surface area (Å²) in [5, 5.41) is 15.2. The van der Waals surface area contributed by atoms with Crippen LogP contribution in [0, 0.1) is 0 Å². The minimum absolute atomic E-state index is 0.0193. The number of carbonyl (C=O) groups is 3. The molecule has 9 nitrogen and oxygen atoms in total. The van der Waals surface area contributed by atoms with Gasteiger partial charge in [0.25, 0.3) is 5.91 Å². The highest BCUT2D eigenvalue weighted by molar-refractivity contribution is 5.83. The van der Waals surface area contributed by atoms with Gasteiger partial charge in [-0.2, -0.15) is 0 Å². The summed E-state index contributed by atoms with van der Waals surface area (Å²) in [6, 6.07) is 23.3. The molecule has 1 aliphatic rings. The zero-order chi connectivity index (χ0) is 29.0. The Hall–Kier alpha value is -4.53. The molecule has 0 saturated carbocycles. The lowest BCUT2D eigenvalue weighted by Crippen LogP contribution is -2.39. The van der Waals surface area contributed by atoms with Crippen molar-refractivity contribution in [2.45, 2.75) is 50.5 Å². The van der Waals surface area contributed by atoms with Crippen LogP contribution in [-0.4, -0.2) is 49.0 Å². The zero-order valence-corrected chi connectivity index (χ0v) is 23.0. The number of unbranched alkanes of at least 4 members (excludes halogenated alkanes) is 2. The molecule has 0 aromatic heterocycles. The van der Waals surface area contributed by atoms with E-state index in [0.29, 0.717) is 38.8 Å². The van der Waals surface area contributed by atoms with E-state index in [1.54, 1.807) is 18.2 Å². The van der Waals surface area contributed by atoms with E-state index in [0.717, 1.165) is 18.4 Å². The first-order chi connectivity index (χ1) is 19.9. The van der Waals surface area contributed by atoms with Crippen LogP contribution >= 0.6 is 0 Å². The number of hydrogen-bond acceptors (Lipinski definition) is 6. The largest absolute Gasteiger partial charge is 0.508 e. The summed E-state index contributed by atoms with van der Waals surface area (Å²) < 4.78 is 10.6. The van der Waals surface area contributed by atoms with Crippen molar-refractivity contribution in [2.75, 3.05) is 19.7 Å². The number of carbonyl (C=O) groups excluding carboxylic acids is 3. The maximum absolute atomic E-state index is 12.5. The number of amides is 3. The second-order valence-corrected chi connectivity index (χ2v) is 10.1. The summed E-state index contributed by atoms with van der Waals surface area (Å²) in [4.78, 5) is 36.1. The fourth-order valence-corrected chi connectivity index (χ4v) is 5.18. The number of phenols is 1. The highest BCUT2D eigenvalue weighted by Gasteiger charge is 2.29. The molecule has 41 heavy (non-hydrogen) atoms. The average Bonchev–Trinajstić information content (AvgIpc) is 3.28. The molecule has 0 radical (unpaired) electrons. The number of aryl methyl sites for hydroxylation is 1. The number of nitrogens with one attached hydrogen (secondary N) is 2. The van der Waals surface area contributed by atoms with Crippen LogP contribution in [0.15, 0.2) is 72.8 Å². The van der Waals surface area contributed by atoms with Crippen LogP contribution in [0.4, 0.5) is 9.59 Å². The molecular formula is C32H37N3O6. The second-order valence-electron chi connectivity index (χ2n) is 10.1. The van der Waals surface area contributed by atoms with Crippen molar-refractivity contribution in [3.63, 3.8) is 0 Å². The van der Waals surface area contributed by atoms with Gasteiger partial charge in [-0.15, -0.1) is 0 Å². The number of rotatable bonds is 14. The van der Waals surface area contributed by atoms with Gasteiger partial charge in [0.05, 0.1) is 0 Å². The normalized spacial score (nSPS) is 12.6. The molecule has 0 fully saturated rings. The molecule has 0 spiro atoms. The fourth-order valence-electron chi connectivity index (χ4n) is 5.18. The maximum Gasteiger partial charge on any atom is 0.407 e. The van der Waals surface area contributed by atoms with Crippen molar-refractivity contribution >= 4 is 18.1 Å². The van der Waals surface area contributed by atoms with Gasteiger partial charge < -0.3 is 30.9 Å². The Kier molecular flexibility index (Phi) is 10.6. The highest BCUT2D eigenvalue weighted by atomic mass is 16.6. The van der Waals surface area contributed by atoms with Crippen molar-refractivity contribution in [3.05, 3.63) is 89.5 Å². The first-order valence-corrected chi connectivity index (χ1v) is 14.0. The molecule has 4 rings (SSSR count). The van der Waals surface area contributed by atoms with Gasteiger partial charge in [-0.25, -0.2) is 9.59 Å². The van der Waals surface area contributed by atoms with Crippen LogP contribution in [0.5, 0.6) is 5.75 Å². The second kappa shape index (κ2) is 14.7. The van der Waals surface area contributed by atoms with Gasteiger partial charge >= 0.3 is 12.2 Å². The third-order valence-electron chi connectivity index (χ3n) is 7.16. The fraction of sp³-hybridized carbons (Fsp3) is 0.344. The molecule has 5 N–H and O–H groups in total. The van der Waals surface area contributed by atoms with E-state index >= 15 is 0 Å². The van der Waals surface area contributed by atoms with Crippen LogP contribution in [-0.2, 0) is 20.7 Å². The van der Waals surface area contributed by atoms with Crippen LogP contribution in [0.2, 0.25) is 0 Å². The molecule has 0 heterocycles. The van der Waals surface area contributed by atoms with E-state index in [-0.39, 0.29) is 18.3 Å². The number of ether oxygens (including phenoxy) is 2. The van der Waals surface area contributed by atoms with Gasteiger partial charge in [0.1, 0.15) is 12.4 Å². The first-order valence-electron chi connectivity index (χ1n) is 14.0. The van der Waals surface area contributed by atoms with Gasteiger partial charge in [-0.05, 0) is 78.5 Å². The molecule has 9 heteroatoms. The van der Waals surface area contributed by atoms with Gasteiger partial charge in [0.2, 0.25) is 0 Å². The lowest BCUT2D eigenvalue weighted by Gasteiger charge is -2.16. The van der Waals surface area contributed by atoms with Crippen LogP contribution < -0.4 is 16.4 Å². The lowest BCUT2D eigenvalue weighted by atomic mass is 9.98. The number of benzene rings is 3. The van der Waals surface area contributed by atoms with Crippen LogP contribution in [0.1, 0.15) is 54.7 Å². The van der Waals surface area contributed by atoms with Crippen molar-refractivity contribution in [1.82, 2.24) is 10.6 Å². The standard InChI is InChI=1S/C32H37N3O6/c33-31(38)41-29(17-9-11-22-10-8-12-23(36)20-22)30(37)34-18-6-1-7-19-35-32(39)40-21-28-26-15-4-2-13-24(26)25-14-3-5-16-27(25)28/h2-5,8,10,12-16,20,28-29,36H,1,6-7,9,11,17-19,21H2,(H2,33,38)(H,34,37)(H,35,39). The number of alkyl carbamates (subject to hydrolysis) is 1. The first kappa shape index (κ1) is 29.5. The Bertz CT molecular complexity index is 1300. The summed E-state index contributed by atoms with van der Waals surface area (Å²) >= 11 is 0. The summed E-state index contributed by atoms with van der Waals surface area (Å²) in [6.45, 7) is 1.15. The molecule has 3 aromatic carbocycles. The quantitative estimate of drug-likeness (QED) is 0.205. The lowest BCUT2D eigenvalue weighted by molar-refractivity contribution is -0.129. The summed E-state index contributed by atoms with van der Waals surface area (Å²) in [5.74, 6) is -0.194. The molecule has 0 bridgehead atoms. The van der Waals surface area contributed by atoms with Gasteiger partial charge in [0, 0.05) is 19.0 Å². The van der Waals surface area contributed by atoms with Crippen LogP contribution in [0.3, 0.4) is 0 Å². The SMILES string of the molecule is NC(=O)OC(CCCc1cccc(O)c1)C(=O)NCCCCCNC(=O)OCC1c2ccccc2-c2ccccc21. The Balaban J connectivity index is 1.10. The zero-order valence-electron chi connectivity index (χ0n) is 23.0. The predicted octanol–water partition coefficient (Wildman–Crippen LogP) is 5.00. The van der Waals surface area contributed by atoms with E-state index in [1.807, 2.05) is 30.3 Å².